The van der Waals surface area contributed by atoms with E-state index in [4.69, 9.17) is 14.2 Å². The van der Waals surface area contributed by atoms with Gasteiger partial charge in [-0.1, -0.05) is 20.8 Å². The minimum Gasteiger partial charge on any atom is -0.465 e. The van der Waals surface area contributed by atoms with Crippen molar-refractivity contribution in [1.29, 1.82) is 0 Å². The third-order valence-electron chi connectivity index (χ3n) is 7.97. The third-order valence-corrected chi connectivity index (χ3v) is 9.25. The average Bonchev–Trinajstić information content (AvgIpc) is 3.13. The lowest BCUT2D eigenvalue weighted by molar-refractivity contribution is -0.281. The van der Waals surface area contributed by atoms with Crippen molar-refractivity contribution in [3.8, 4) is 0 Å². The summed E-state index contributed by atoms with van der Waals surface area (Å²) in [6, 6.07) is -3.74. The lowest BCUT2D eigenvalue weighted by atomic mass is 9.96. The van der Waals surface area contributed by atoms with Crippen molar-refractivity contribution in [2.75, 3.05) is 37.9 Å². The molecule has 0 aromatic heterocycles. The Morgan fingerprint density at radius 3 is 2.07 bits per heavy atom. The lowest BCUT2D eigenvalue weighted by Gasteiger charge is -2.43. The average molecular weight is 793 g/mol. The van der Waals surface area contributed by atoms with Gasteiger partial charge in [-0.25, -0.2) is 0 Å². The highest BCUT2D eigenvalue weighted by Crippen LogP contribution is 2.24. The van der Waals surface area contributed by atoms with Crippen molar-refractivity contribution in [2.45, 2.75) is 116 Å². The zero-order valence-electron chi connectivity index (χ0n) is 31.5. The van der Waals surface area contributed by atoms with Crippen molar-refractivity contribution in [3.05, 3.63) is 0 Å². The van der Waals surface area contributed by atoms with E-state index in [1.165, 1.54) is 18.7 Å². The van der Waals surface area contributed by atoms with E-state index in [2.05, 4.69) is 31.9 Å². The van der Waals surface area contributed by atoms with E-state index in [0.717, 1.165) is 13.8 Å². The van der Waals surface area contributed by atoms with Crippen LogP contribution in [0.15, 0.2) is 0 Å². The Bertz CT molecular complexity index is 1290. The van der Waals surface area contributed by atoms with Crippen LogP contribution in [0.5, 0.6) is 0 Å². The number of rotatable bonds is 24. The van der Waals surface area contributed by atoms with Crippen LogP contribution < -0.4 is 31.9 Å². The summed E-state index contributed by atoms with van der Waals surface area (Å²) >= 11 is 1.27. The third kappa shape index (κ3) is 17.5. The lowest BCUT2D eigenvalue weighted by Crippen LogP contribution is -2.66. The maximum atomic E-state index is 13.1. The molecule has 54 heavy (non-hydrogen) atoms. The quantitative estimate of drug-likeness (QED) is 0.0342. The van der Waals surface area contributed by atoms with Crippen molar-refractivity contribution in [2.24, 2.45) is 5.92 Å². The molecule has 0 spiro atoms. The van der Waals surface area contributed by atoms with E-state index < -0.39 is 110 Å². The number of carbonyl (C=O) groups excluding carboxylic acids is 8. The molecule has 0 radical (unpaired) electrons. The number of aliphatic hydroxyl groups is 3. The molecule has 20 nitrogen and oxygen atoms in total. The Kier molecular flexibility index (Phi) is 22.5. The number of ketones is 1. The summed E-state index contributed by atoms with van der Waals surface area (Å²) in [4.78, 5) is 98.1. The van der Waals surface area contributed by atoms with Crippen molar-refractivity contribution >= 4 is 59.0 Å². The second kappa shape index (κ2) is 25.2. The fourth-order valence-corrected chi connectivity index (χ4v) is 6.12. The maximum Gasteiger partial charge on any atom is 0.305 e. The molecular weight excluding hydrogens is 736 g/mol. The molecule has 1 aliphatic rings. The predicted molar refractivity (Wildman–Crippen MR) is 192 cm³/mol. The Morgan fingerprint density at radius 1 is 0.815 bits per heavy atom. The Labute approximate surface area is 318 Å². The number of thioether (sulfide) groups is 1. The number of Topliss-reactive ketones (excluding diaryl/α,β-unsaturated/α-hetero) is 1. The fraction of sp³-hybridized carbons (Fsp3) is 0.758. The molecule has 1 heterocycles. The number of esters is 1. The highest BCUT2D eigenvalue weighted by atomic mass is 32.2. The summed E-state index contributed by atoms with van der Waals surface area (Å²) in [5.41, 5.74) is 0. The van der Waals surface area contributed by atoms with E-state index >= 15 is 0 Å². The standard InChI is InChI=1S/C33H56N6O14S/c1-7-21(43)10-20(13-51-26(46)9-3)14-54-15-22(39-24(44)8-2)31(49)34-11-25(45)35-16-36-32(50)27(37-18(5)41)17(4)52-33-28(38-19(6)42)30(48)29(47)23(12-40)53-33/h17,20,22-23,27-30,33,40,47-48H,7-16H2,1-6H3,(H,34,49)(H,35,45)(H,36,50)(H,37,41)(H,38,42)(H,39,44)/t17-,20?,22+,23?,27+,28?,29-,30?,33-/m1/s1. The zero-order valence-corrected chi connectivity index (χ0v) is 32.3. The highest BCUT2D eigenvalue weighted by Gasteiger charge is 2.46. The first-order valence-electron chi connectivity index (χ1n) is 17.7. The molecule has 308 valence electrons. The molecule has 0 saturated carbocycles. The second-order valence-electron chi connectivity index (χ2n) is 12.5. The molecule has 1 aliphatic heterocycles. The van der Waals surface area contributed by atoms with Crippen LogP contribution in [0.3, 0.4) is 0 Å². The normalized spacial score (nSPS) is 21.6. The van der Waals surface area contributed by atoms with Gasteiger partial charge in [0.15, 0.2) is 6.29 Å². The fourth-order valence-electron chi connectivity index (χ4n) is 4.96. The smallest absolute Gasteiger partial charge is 0.305 e. The highest BCUT2D eigenvalue weighted by molar-refractivity contribution is 7.99. The first-order chi connectivity index (χ1) is 25.5. The van der Waals surface area contributed by atoms with Gasteiger partial charge in [0.25, 0.3) is 0 Å². The topological polar surface area (TPSA) is 297 Å². The van der Waals surface area contributed by atoms with Gasteiger partial charge in [0.1, 0.15) is 42.2 Å². The summed E-state index contributed by atoms with van der Waals surface area (Å²) in [6.45, 7) is 7.00. The van der Waals surface area contributed by atoms with E-state index in [0.29, 0.717) is 12.2 Å². The van der Waals surface area contributed by atoms with Gasteiger partial charge in [-0.3, -0.25) is 38.4 Å². The van der Waals surface area contributed by atoms with Crippen LogP contribution in [-0.2, 0) is 52.6 Å². The first-order valence-corrected chi connectivity index (χ1v) is 18.8. The summed E-state index contributed by atoms with van der Waals surface area (Å²) < 4.78 is 16.5. The molecular formula is C33H56N6O14S. The van der Waals surface area contributed by atoms with Crippen molar-refractivity contribution in [1.82, 2.24) is 31.9 Å². The van der Waals surface area contributed by atoms with Gasteiger partial charge in [-0.2, -0.15) is 11.8 Å². The van der Waals surface area contributed by atoms with Crippen LogP contribution in [0.4, 0.5) is 0 Å². The number of aliphatic hydroxyl groups excluding tert-OH is 3. The molecule has 1 saturated heterocycles. The van der Waals surface area contributed by atoms with Crippen LogP contribution in [0, 0.1) is 5.92 Å². The van der Waals surface area contributed by atoms with Crippen LogP contribution in [0.25, 0.3) is 0 Å². The number of carbonyl (C=O) groups is 8. The molecule has 0 aliphatic carbocycles. The summed E-state index contributed by atoms with van der Waals surface area (Å²) in [7, 11) is 0. The molecule has 9 atom stereocenters. The molecule has 0 aromatic rings. The van der Waals surface area contributed by atoms with E-state index in [1.54, 1.807) is 20.8 Å². The molecule has 1 fully saturated rings. The Balaban J connectivity index is 2.80. The van der Waals surface area contributed by atoms with Gasteiger partial charge in [0, 0.05) is 51.2 Å². The Hall–Kier alpha value is -3.89. The van der Waals surface area contributed by atoms with Crippen molar-refractivity contribution < 1.29 is 67.9 Å². The van der Waals surface area contributed by atoms with Crippen LogP contribution >= 0.6 is 11.8 Å². The monoisotopic (exact) mass is 792 g/mol. The number of hydrogen-bond donors (Lipinski definition) is 9. The minimum absolute atomic E-state index is 0.0116. The first kappa shape index (κ1) is 48.1. The van der Waals surface area contributed by atoms with Crippen LogP contribution in [0.2, 0.25) is 0 Å². The van der Waals surface area contributed by atoms with E-state index in [1.807, 2.05) is 0 Å². The SMILES string of the molecule is CCC(=O)CC(COC(=O)CC)CSC[C@H](NC(=O)CC)C(=O)NCC(=O)NCNC(=O)[C@@H](NC(C)=O)[C@@H](C)O[C@@H]1OC(CO)[C@@H](O)C(O)C1NC(C)=O. The molecule has 6 amide bonds. The predicted octanol–water partition coefficient (Wildman–Crippen LogP) is -3.29. The number of ether oxygens (including phenoxy) is 3. The summed E-state index contributed by atoms with van der Waals surface area (Å²) in [6.07, 6.45) is -6.35. The summed E-state index contributed by atoms with van der Waals surface area (Å²) in [5, 5.41) is 44.9. The van der Waals surface area contributed by atoms with Gasteiger partial charge in [-0.15, -0.1) is 0 Å². The minimum atomic E-state index is -1.61. The second-order valence-corrected chi connectivity index (χ2v) is 13.6. The van der Waals surface area contributed by atoms with Gasteiger partial charge >= 0.3 is 5.97 Å². The summed E-state index contributed by atoms with van der Waals surface area (Å²) in [5.74, 6) is -4.11. The largest absolute Gasteiger partial charge is 0.465 e. The number of hydrogen-bond acceptors (Lipinski definition) is 15. The molecule has 4 unspecified atom stereocenters. The number of amides is 6. The van der Waals surface area contributed by atoms with E-state index in [-0.39, 0.29) is 43.3 Å². The van der Waals surface area contributed by atoms with E-state index in [9.17, 15) is 53.7 Å². The maximum absolute atomic E-state index is 13.1. The van der Waals surface area contributed by atoms with Gasteiger partial charge in [0.2, 0.25) is 35.4 Å². The Morgan fingerprint density at radius 2 is 1.50 bits per heavy atom. The zero-order chi connectivity index (χ0) is 41.0. The molecule has 0 bridgehead atoms. The van der Waals surface area contributed by atoms with Crippen LogP contribution in [-0.4, -0.2) is 149 Å². The molecule has 0 aromatic carbocycles. The molecule has 21 heteroatoms. The number of nitrogens with one attached hydrogen (secondary N) is 6. The van der Waals surface area contributed by atoms with Gasteiger partial charge in [0.05, 0.1) is 32.5 Å². The van der Waals surface area contributed by atoms with Crippen molar-refractivity contribution in [3.63, 3.8) is 0 Å². The molecule has 9 N–H and O–H groups in total. The molecule has 1 rings (SSSR count). The van der Waals surface area contributed by atoms with Crippen LogP contribution in [0.1, 0.15) is 67.2 Å². The van der Waals surface area contributed by atoms with Gasteiger partial charge < -0.3 is 61.4 Å². The van der Waals surface area contributed by atoms with Gasteiger partial charge in [-0.05, 0) is 12.7 Å².